The van der Waals surface area contributed by atoms with Crippen LogP contribution >= 0.6 is 0 Å². The Morgan fingerprint density at radius 2 is 2.14 bits per heavy atom. The molecular weight excluding hydrogens is 266 g/mol. The highest BCUT2D eigenvalue weighted by molar-refractivity contribution is 4.93. The molecule has 3 atom stereocenters. The largest absolute Gasteiger partial charge is 0.389 e. The second-order valence-electron chi connectivity index (χ2n) is 5.77. The summed E-state index contributed by atoms with van der Waals surface area (Å²) >= 11 is 0. The zero-order valence-electron chi connectivity index (χ0n) is 13.3. The fraction of sp³-hybridized carbons (Fsp3) is 0.765. The van der Waals surface area contributed by atoms with E-state index in [4.69, 9.17) is 9.47 Å². The summed E-state index contributed by atoms with van der Waals surface area (Å²) in [5.74, 6) is 1.27. The van der Waals surface area contributed by atoms with Crippen molar-refractivity contribution >= 4 is 0 Å². The molecule has 2 N–H and O–H groups in total. The topological polar surface area (TPSA) is 50.7 Å². The molecule has 21 heavy (non-hydrogen) atoms. The van der Waals surface area contributed by atoms with E-state index in [2.05, 4.69) is 31.0 Å². The fourth-order valence-corrected chi connectivity index (χ4v) is 2.34. The summed E-state index contributed by atoms with van der Waals surface area (Å²) in [6.07, 6.45) is 8.99. The first-order valence-electron chi connectivity index (χ1n) is 8.04. The Balaban J connectivity index is 1.92. The summed E-state index contributed by atoms with van der Waals surface area (Å²) in [5, 5.41) is 13.0. The SMILES string of the molecule is C=CCCOCCNCC(O)COCC1CC=CCC1C. The lowest BCUT2D eigenvalue weighted by atomic mass is 9.85. The smallest absolute Gasteiger partial charge is 0.0897 e. The van der Waals surface area contributed by atoms with E-state index in [1.54, 1.807) is 0 Å². The Hall–Kier alpha value is -0.680. The van der Waals surface area contributed by atoms with E-state index >= 15 is 0 Å². The quantitative estimate of drug-likeness (QED) is 0.428. The molecule has 0 aromatic rings. The van der Waals surface area contributed by atoms with Gasteiger partial charge in [-0.1, -0.05) is 25.2 Å². The van der Waals surface area contributed by atoms with Gasteiger partial charge in [0.2, 0.25) is 0 Å². The van der Waals surface area contributed by atoms with Gasteiger partial charge < -0.3 is 19.9 Å². The Labute approximate surface area is 129 Å². The average molecular weight is 297 g/mol. The van der Waals surface area contributed by atoms with Gasteiger partial charge >= 0.3 is 0 Å². The normalized spacial score (nSPS) is 23.1. The van der Waals surface area contributed by atoms with Crippen molar-refractivity contribution in [1.82, 2.24) is 5.32 Å². The van der Waals surface area contributed by atoms with Crippen LogP contribution in [0.1, 0.15) is 26.2 Å². The van der Waals surface area contributed by atoms with Gasteiger partial charge in [-0.2, -0.15) is 0 Å². The Morgan fingerprint density at radius 1 is 1.33 bits per heavy atom. The van der Waals surface area contributed by atoms with Crippen molar-refractivity contribution < 1.29 is 14.6 Å². The standard InChI is InChI=1S/C17H31NO3/c1-3-4-10-20-11-9-18-12-17(19)14-21-13-16-8-6-5-7-15(16)2/h3,5-6,15-19H,1,4,7-14H2,2H3. The third-order valence-corrected chi connectivity index (χ3v) is 3.83. The average Bonchev–Trinajstić information content (AvgIpc) is 2.48. The summed E-state index contributed by atoms with van der Waals surface area (Å²) < 4.78 is 11.0. The second-order valence-corrected chi connectivity index (χ2v) is 5.77. The molecule has 0 fully saturated rings. The number of ether oxygens (including phenoxy) is 2. The number of allylic oxidation sites excluding steroid dienone is 2. The van der Waals surface area contributed by atoms with Crippen molar-refractivity contribution in [1.29, 1.82) is 0 Å². The molecule has 0 saturated heterocycles. The van der Waals surface area contributed by atoms with Gasteiger partial charge in [0.05, 0.1) is 32.5 Å². The van der Waals surface area contributed by atoms with Crippen molar-refractivity contribution in [2.24, 2.45) is 11.8 Å². The zero-order valence-corrected chi connectivity index (χ0v) is 13.3. The molecule has 0 spiro atoms. The van der Waals surface area contributed by atoms with Crippen molar-refractivity contribution in [2.45, 2.75) is 32.3 Å². The van der Waals surface area contributed by atoms with E-state index in [9.17, 15) is 5.11 Å². The minimum Gasteiger partial charge on any atom is -0.389 e. The van der Waals surface area contributed by atoms with E-state index in [0.717, 1.165) is 32.4 Å². The fourth-order valence-electron chi connectivity index (χ4n) is 2.34. The van der Waals surface area contributed by atoms with Gasteiger partial charge in [-0.3, -0.25) is 0 Å². The molecule has 0 aromatic heterocycles. The van der Waals surface area contributed by atoms with Gasteiger partial charge in [0, 0.05) is 13.1 Å². The first kappa shape index (κ1) is 18.4. The Morgan fingerprint density at radius 3 is 2.90 bits per heavy atom. The highest BCUT2D eigenvalue weighted by Crippen LogP contribution is 2.24. The molecule has 0 amide bonds. The van der Waals surface area contributed by atoms with Crippen LogP contribution in [-0.2, 0) is 9.47 Å². The van der Waals surface area contributed by atoms with Gasteiger partial charge in [-0.25, -0.2) is 0 Å². The van der Waals surface area contributed by atoms with Crippen molar-refractivity contribution in [3.05, 3.63) is 24.8 Å². The molecule has 4 nitrogen and oxygen atoms in total. The molecule has 1 aliphatic rings. The molecule has 1 rings (SSSR count). The molecule has 122 valence electrons. The highest BCUT2D eigenvalue weighted by atomic mass is 16.5. The minimum atomic E-state index is -0.451. The van der Waals surface area contributed by atoms with E-state index < -0.39 is 6.10 Å². The second kappa shape index (κ2) is 11.9. The molecule has 3 unspecified atom stereocenters. The van der Waals surface area contributed by atoms with E-state index in [-0.39, 0.29) is 0 Å². The number of rotatable bonds is 12. The van der Waals surface area contributed by atoms with Crippen LogP contribution in [0.4, 0.5) is 0 Å². The minimum absolute atomic E-state index is 0.400. The molecular formula is C17H31NO3. The number of aliphatic hydroxyl groups excluding tert-OH is 1. The number of nitrogens with one attached hydrogen (secondary N) is 1. The molecule has 1 aliphatic carbocycles. The Kier molecular flexibility index (Phi) is 10.4. The monoisotopic (exact) mass is 297 g/mol. The lowest BCUT2D eigenvalue weighted by Gasteiger charge is -2.25. The number of aliphatic hydroxyl groups is 1. The first-order valence-corrected chi connectivity index (χ1v) is 8.04. The number of hydrogen-bond acceptors (Lipinski definition) is 4. The third-order valence-electron chi connectivity index (χ3n) is 3.83. The van der Waals surface area contributed by atoms with E-state index in [0.29, 0.717) is 38.2 Å². The maximum Gasteiger partial charge on any atom is 0.0897 e. The summed E-state index contributed by atoms with van der Waals surface area (Å²) in [7, 11) is 0. The van der Waals surface area contributed by atoms with Gasteiger partial charge in [0.25, 0.3) is 0 Å². The van der Waals surface area contributed by atoms with Crippen LogP contribution in [0.2, 0.25) is 0 Å². The maximum absolute atomic E-state index is 9.83. The lowest BCUT2D eigenvalue weighted by Crippen LogP contribution is -2.33. The molecule has 0 saturated carbocycles. The summed E-state index contributed by atoms with van der Waals surface area (Å²) in [6.45, 7) is 9.72. The van der Waals surface area contributed by atoms with Crippen LogP contribution < -0.4 is 5.32 Å². The van der Waals surface area contributed by atoms with Gasteiger partial charge in [-0.05, 0) is 31.1 Å². The molecule has 0 radical (unpaired) electrons. The van der Waals surface area contributed by atoms with Gasteiger partial charge in [0.15, 0.2) is 0 Å². The molecule has 0 heterocycles. The lowest BCUT2D eigenvalue weighted by molar-refractivity contribution is 0.0122. The summed E-state index contributed by atoms with van der Waals surface area (Å²) in [4.78, 5) is 0. The van der Waals surface area contributed by atoms with Crippen LogP contribution in [0.5, 0.6) is 0 Å². The van der Waals surface area contributed by atoms with Crippen LogP contribution in [0, 0.1) is 11.8 Å². The van der Waals surface area contributed by atoms with Crippen molar-refractivity contribution in [2.75, 3.05) is 39.5 Å². The van der Waals surface area contributed by atoms with Crippen LogP contribution in [0.3, 0.4) is 0 Å². The zero-order chi connectivity index (χ0) is 15.3. The molecule has 0 aromatic carbocycles. The van der Waals surface area contributed by atoms with E-state index in [1.165, 1.54) is 0 Å². The molecule has 4 heteroatoms. The summed E-state index contributed by atoms with van der Waals surface area (Å²) in [6, 6.07) is 0. The van der Waals surface area contributed by atoms with Gasteiger partial charge in [-0.15, -0.1) is 6.58 Å². The predicted octanol–water partition coefficient (Wildman–Crippen LogP) is 2.15. The highest BCUT2D eigenvalue weighted by Gasteiger charge is 2.18. The predicted molar refractivity (Wildman–Crippen MR) is 86.4 cm³/mol. The maximum atomic E-state index is 9.83. The van der Waals surface area contributed by atoms with Crippen LogP contribution in [0.25, 0.3) is 0 Å². The first-order chi connectivity index (χ1) is 10.2. The van der Waals surface area contributed by atoms with Crippen molar-refractivity contribution in [3.8, 4) is 0 Å². The van der Waals surface area contributed by atoms with E-state index in [1.807, 2.05) is 6.08 Å². The van der Waals surface area contributed by atoms with Crippen LogP contribution in [0.15, 0.2) is 24.8 Å². The third kappa shape index (κ3) is 9.04. The molecule has 0 bridgehead atoms. The molecule has 0 aliphatic heterocycles. The van der Waals surface area contributed by atoms with Gasteiger partial charge in [0.1, 0.15) is 0 Å². The summed E-state index contributed by atoms with van der Waals surface area (Å²) in [5.41, 5.74) is 0. The van der Waals surface area contributed by atoms with Crippen LogP contribution in [-0.4, -0.2) is 50.7 Å². The number of hydrogen-bond donors (Lipinski definition) is 2. The van der Waals surface area contributed by atoms with Crippen molar-refractivity contribution in [3.63, 3.8) is 0 Å². The Bertz CT molecular complexity index is 294.